The molecule has 2 nitrogen and oxygen atoms in total. The minimum atomic E-state index is 0.165. The first-order valence-electron chi connectivity index (χ1n) is 8.76. The lowest BCUT2D eigenvalue weighted by atomic mass is 9.88. The summed E-state index contributed by atoms with van der Waals surface area (Å²) in [6.45, 7) is 12.1. The molecule has 0 aliphatic heterocycles. The maximum absolute atomic E-state index is 7.76. The number of hydrogen-bond acceptors (Lipinski definition) is 1. The predicted octanol–water partition coefficient (Wildman–Crippen LogP) is 6.67. The third-order valence-corrected chi connectivity index (χ3v) is 4.41. The lowest BCUT2D eigenvalue weighted by Crippen LogP contribution is -1.99. The van der Waals surface area contributed by atoms with Crippen LogP contribution in [0.15, 0.2) is 73.9 Å². The van der Waals surface area contributed by atoms with Crippen molar-refractivity contribution >= 4 is 16.8 Å². The molecule has 0 aliphatic rings. The molecule has 0 atom stereocenters. The molecule has 0 radical (unpaired) electrons. The summed E-state index contributed by atoms with van der Waals surface area (Å²) in [7, 11) is 0. The minimum Gasteiger partial charge on any atom is -0.674 e. The third-order valence-electron chi connectivity index (χ3n) is 4.41. The van der Waals surface area contributed by atoms with Gasteiger partial charge in [0.15, 0.2) is 0 Å². The Morgan fingerprint density at radius 1 is 1.15 bits per heavy atom. The summed E-state index contributed by atoms with van der Waals surface area (Å²) in [6.07, 6.45) is 8.49. The van der Waals surface area contributed by atoms with E-state index in [1.807, 2.05) is 24.3 Å². The van der Waals surface area contributed by atoms with Gasteiger partial charge in [-0.15, -0.1) is 13.1 Å². The van der Waals surface area contributed by atoms with E-state index in [4.69, 9.17) is 11.5 Å². The van der Waals surface area contributed by atoms with Gasteiger partial charge in [-0.2, -0.15) is 0 Å². The van der Waals surface area contributed by atoms with Gasteiger partial charge in [-0.25, -0.2) is 0 Å². The molecule has 2 aromatic carbocycles. The highest BCUT2D eigenvalue weighted by Gasteiger charge is 2.12. The normalized spacial score (nSPS) is 12.1. The van der Waals surface area contributed by atoms with Crippen molar-refractivity contribution in [2.45, 2.75) is 26.8 Å². The van der Waals surface area contributed by atoms with Crippen LogP contribution >= 0.6 is 0 Å². The predicted molar refractivity (Wildman–Crippen MR) is 116 cm³/mol. The van der Waals surface area contributed by atoms with Gasteiger partial charge < -0.3 is 11.5 Å². The van der Waals surface area contributed by atoms with Crippen LogP contribution in [0.3, 0.4) is 0 Å². The summed E-state index contributed by atoms with van der Waals surface area (Å²) in [5.74, 6) is 0. The summed E-state index contributed by atoms with van der Waals surface area (Å²) in [5, 5.41) is 0. The van der Waals surface area contributed by atoms with Crippen molar-refractivity contribution in [2.75, 3.05) is 5.73 Å². The molecule has 2 aromatic rings. The number of hydrogen-bond donors (Lipinski definition) is 1. The zero-order valence-electron chi connectivity index (χ0n) is 15.7. The summed E-state index contributed by atoms with van der Waals surface area (Å²) < 4.78 is 0. The number of benzene rings is 2. The molecule has 0 amide bonds. The van der Waals surface area contributed by atoms with Crippen molar-refractivity contribution in [3.63, 3.8) is 0 Å². The fraction of sp³-hybridized carbons (Fsp3) is 0.167. The van der Waals surface area contributed by atoms with Gasteiger partial charge >= 0.3 is 0 Å². The molecule has 0 saturated heterocycles. The Morgan fingerprint density at radius 3 is 2.54 bits per heavy atom. The molecule has 0 fully saturated rings. The van der Waals surface area contributed by atoms with E-state index in [0.717, 1.165) is 28.7 Å². The van der Waals surface area contributed by atoms with Gasteiger partial charge in [-0.3, -0.25) is 0 Å². The van der Waals surface area contributed by atoms with Crippen LogP contribution in [0.2, 0.25) is 0 Å². The maximum atomic E-state index is 7.76. The van der Waals surface area contributed by atoms with Crippen LogP contribution < -0.4 is 5.73 Å². The second-order valence-corrected chi connectivity index (χ2v) is 6.39. The van der Waals surface area contributed by atoms with Gasteiger partial charge in [0, 0.05) is 5.69 Å². The number of aryl methyl sites for hydroxylation is 2. The van der Waals surface area contributed by atoms with Gasteiger partial charge in [0.25, 0.3) is 0 Å². The van der Waals surface area contributed by atoms with Crippen molar-refractivity contribution < 1.29 is 0 Å². The molecule has 2 heteroatoms. The van der Waals surface area contributed by atoms with Gasteiger partial charge in [0.1, 0.15) is 0 Å². The average Bonchev–Trinajstić information content (AvgIpc) is 2.62. The monoisotopic (exact) mass is 343 g/mol. The SMILES string of the molecule is C=C/C=C\C(=C(/CC=C)c1cccc(C)c1)c1cc(C[NH-])c(N)cc1C. The van der Waals surface area contributed by atoms with Gasteiger partial charge in [-0.1, -0.05) is 66.8 Å². The first-order chi connectivity index (χ1) is 12.5. The number of allylic oxidation sites excluding steroid dienone is 6. The van der Waals surface area contributed by atoms with Crippen molar-refractivity contribution in [3.05, 3.63) is 107 Å². The Hall–Kier alpha value is -2.84. The van der Waals surface area contributed by atoms with Gasteiger partial charge in [0.2, 0.25) is 0 Å². The number of nitrogens with one attached hydrogen (secondary N) is 1. The van der Waals surface area contributed by atoms with Crippen molar-refractivity contribution in [3.8, 4) is 0 Å². The van der Waals surface area contributed by atoms with Crippen LogP contribution in [-0.4, -0.2) is 0 Å². The summed E-state index contributed by atoms with van der Waals surface area (Å²) in [4.78, 5) is 0. The Morgan fingerprint density at radius 2 is 1.92 bits per heavy atom. The Kier molecular flexibility index (Phi) is 6.76. The fourth-order valence-electron chi connectivity index (χ4n) is 3.10. The zero-order valence-corrected chi connectivity index (χ0v) is 15.7. The molecule has 0 saturated carbocycles. The topological polar surface area (TPSA) is 49.8 Å². The highest BCUT2D eigenvalue weighted by molar-refractivity contribution is 5.97. The molecule has 0 unspecified atom stereocenters. The van der Waals surface area contributed by atoms with E-state index in [1.165, 1.54) is 16.7 Å². The van der Waals surface area contributed by atoms with Crippen molar-refractivity contribution in [1.29, 1.82) is 0 Å². The van der Waals surface area contributed by atoms with Crippen molar-refractivity contribution in [2.24, 2.45) is 0 Å². The summed E-state index contributed by atoms with van der Waals surface area (Å²) >= 11 is 0. The first kappa shape index (κ1) is 19.5. The van der Waals surface area contributed by atoms with Crippen LogP contribution in [0, 0.1) is 13.8 Å². The van der Waals surface area contributed by atoms with E-state index in [9.17, 15) is 0 Å². The fourth-order valence-corrected chi connectivity index (χ4v) is 3.10. The number of nitrogen functional groups attached to an aromatic ring is 1. The number of nitrogens with two attached hydrogens (primary N) is 1. The smallest absolute Gasteiger partial charge is 0.0331 e. The first-order valence-corrected chi connectivity index (χ1v) is 8.76. The molecule has 3 N–H and O–H groups in total. The summed E-state index contributed by atoms with van der Waals surface area (Å²) in [5.41, 5.74) is 22.3. The second-order valence-electron chi connectivity index (χ2n) is 6.39. The van der Waals surface area contributed by atoms with Gasteiger partial charge in [0.05, 0.1) is 0 Å². The minimum absolute atomic E-state index is 0.165. The number of rotatable bonds is 7. The molecular weight excluding hydrogens is 316 g/mol. The molecular formula is C24H27N2-. The Bertz CT molecular complexity index is 870. The van der Waals surface area contributed by atoms with E-state index in [-0.39, 0.29) is 6.54 Å². The molecule has 26 heavy (non-hydrogen) atoms. The van der Waals surface area contributed by atoms with Gasteiger partial charge in [-0.05, 0) is 59.7 Å². The van der Waals surface area contributed by atoms with E-state index >= 15 is 0 Å². The zero-order chi connectivity index (χ0) is 19.1. The van der Waals surface area contributed by atoms with E-state index in [0.29, 0.717) is 5.69 Å². The maximum Gasteiger partial charge on any atom is 0.0331 e. The quantitative estimate of drug-likeness (QED) is 0.259. The second kappa shape index (κ2) is 9.02. The Labute approximate surface area is 157 Å². The standard InChI is InChI=1S/C24H27N2/c1-5-7-12-22(23-15-20(16-25)24(26)14-18(23)4)21(9-6-2)19-11-8-10-17(3)13-19/h5-8,10-15,25H,1-2,9,16,26H2,3-4H3/q-1/b12-7-,22-21-. The molecule has 0 spiro atoms. The third kappa shape index (κ3) is 4.41. The molecule has 0 aromatic heterocycles. The van der Waals surface area contributed by atoms with E-state index < -0.39 is 0 Å². The van der Waals surface area contributed by atoms with E-state index in [2.05, 4.69) is 57.3 Å². The lowest BCUT2D eigenvalue weighted by molar-refractivity contribution is 1.26. The van der Waals surface area contributed by atoms with Crippen LogP contribution in [0.4, 0.5) is 5.69 Å². The molecule has 2 rings (SSSR count). The number of anilines is 1. The highest BCUT2D eigenvalue weighted by Crippen LogP contribution is 2.34. The van der Waals surface area contributed by atoms with Crippen LogP contribution in [-0.2, 0) is 6.54 Å². The Balaban J connectivity index is 2.82. The molecule has 0 heterocycles. The summed E-state index contributed by atoms with van der Waals surface area (Å²) in [6, 6.07) is 12.5. The molecule has 134 valence electrons. The molecule has 0 bridgehead atoms. The lowest BCUT2D eigenvalue weighted by Gasteiger charge is -2.18. The van der Waals surface area contributed by atoms with Crippen LogP contribution in [0.5, 0.6) is 0 Å². The average molecular weight is 343 g/mol. The van der Waals surface area contributed by atoms with Crippen molar-refractivity contribution in [1.82, 2.24) is 0 Å². The molecule has 0 aliphatic carbocycles. The highest BCUT2D eigenvalue weighted by atomic mass is 14.6. The van der Waals surface area contributed by atoms with E-state index in [1.54, 1.807) is 6.08 Å². The van der Waals surface area contributed by atoms with Crippen LogP contribution in [0.25, 0.3) is 16.9 Å². The largest absolute Gasteiger partial charge is 0.674 e. The van der Waals surface area contributed by atoms with Crippen LogP contribution in [0.1, 0.15) is 34.2 Å².